The molecule has 0 bridgehead atoms. The molecule has 1 aliphatic rings. The summed E-state index contributed by atoms with van der Waals surface area (Å²) in [5, 5.41) is 0. The van der Waals surface area contributed by atoms with E-state index in [2.05, 4.69) is 9.47 Å². The molecule has 4 nitrogen and oxygen atoms in total. The zero-order valence-electron chi connectivity index (χ0n) is 14.3. The van der Waals surface area contributed by atoms with Crippen molar-refractivity contribution in [2.45, 2.75) is 20.5 Å². The molecule has 10 heteroatoms. The summed E-state index contributed by atoms with van der Waals surface area (Å²) in [6.45, 7) is 1.89. The summed E-state index contributed by atoms with van der Waals surface area (Å²) in [5.74, 6) is -16.1. The maximum absolute atomic E-state index is 13.6. The van der Waals surface area contributed by atoms with Gasteiger partial charge in [-0.3, -0.25) is 4.79 Å². The van der Waals surface area contributed by atoms with E-state index in [1.165, 1.54) is 0 Å². The summed E-state index contributed by atoms with van der Waals surface area (Å²) >= 11 is 0. The van der Waals surface area contributed by atoms with E-state index >= 15 is 0 Å². The summed E-state index contributed by atoms with van der Waals surface area (Å²) in [6.07, 6.45) is 0.857. The van der Waals surface area contributed by atoms with Gasteiger partial charge in [0.25, 0.3) is 0 Å². The second-order valence-corrected chi connectivity index (χ2v) is 6.49. The molecule has 0 spiro atoms. The molecule has 1 fully saturated rings. The van der Waals surface area contributed by atoms with Crippen LogP contribution in [0.25, 0.3) is 0 Å². The average Bonchev–Trinajstić information content (AvgIpc) is 3.17. The van der Waals surface area contributed by atoms with Gasteiger partial charge in [-0.25, -0.2) is 26.7 Å². The summed E-state index contributed by atoms with van der Waals surface area (Å²) < 4.78 is 88.8. The van der Waals surface area contributed by atoms with Gasteiger partial charge in [-0.2, -0.15) is 4.39 Å². The van der Waals surface area contributed by atoms with E-state index in [0.29, 0.717) is 0 Å². The molecule has 27 heavy (non-hydrogen) atoms. The summed E-state index contributed by atoms with van der Waals surface area (Å²) in [4.78, 5) is 23.2. The smallest absolute Gasteiger partial charge is 0.366 e. The largest absolute Gasteiger partial charge is 0.464 e. The van der Waals surface area contributed by atoms with Gasteiger partial charge in [-0.1, -0.05) is 13.8 Å². The summed E-state index contributed by atoms with van der Waals surface area (Å²) in [5.41, 5.74) is -2.15. The second kappa shape index (κ2) is 7.24. The van der Waals surface area contributed by atoms with Crippen LogP contribution in [0.5, 0.6) is 0 Å². The zero-order chi connectivity index (χ0) is 20.7. The number of benzene rings is 1. The minimum Gasteiger partial charge on any atom is -0.464 e. The maximum Gasteiger partial charge on any atom is 0.366 e. The van der Waals surface area contributed by atoms with E-state index in [1.54, 1.807) is 13.8 Å². The van der Waals surface area contributed by atoms with Crippen LogP contribution in [0.15, 0.2) is 11.9 Å². The molecule has 2 atom stereocenters. The van der Waals surface area contributed by atoms with E-state index in [1.807, 2.05) is 0 Å². The second-order valence-electron chi connectivity index (χ2n) is 6.49. The third-order valence-corrected chi connectivity index (χ3v) is 4.53. The third kappa shape index (κ3) is 3.65. The minimum absolute atomic E-state index is 0.777. The minimum atomic E-state index is -2.33. The Kier molecular flexibility index (Phi) is 5.58. The number of allylic oxidation sites excluding steroid dienone is 1. The van der Waals surface area contributed by atoms with Crippen LogP contribution in [0.4, 0.5) is 26.3 Å². The molecule has 0 radical (unpaired) electrons. The Labute approximate surface area is 149 Å². The van der Waals surface area contributed by atoms with Crippen LogP contribution >= 0.6 is 0 Å². The van der Waals surface area contributed by atoms with Crippen LogP contribution in [-0.2, 0) is 25.7 Å². The third-order valence-electron chi connectivity index (χ3n) is 4.53. The van der Waals surface area contributed by atoms with Crippen molar-refractivity contribution in [3.05, 3.63) is 46.6 Å². The first-order valence-corrected chi connectivity index (χ1v) is 7.57. The molecule has 0 N–H and O–H groups in total. The highest BCUT2D eigenvalue weighted by molar-refractivity contribution is 5.86. The van der Waals surface area contributed by atoms with Crippen LogP contribution < -0.4 is 0 Å². The topological polar surface area (TPSA) is 52.6 Å². The van der Waals surface area contributed by atoms with Crippen LogP contribution in [0.3, 0.4) is 0 Å². The normalized spacial score (nSPS) is 21.0. The fourth-order valence-corrected chi connectivity index (χ4v) is 2.77. The lowest BCUT2D eigenvalue weighted by molar-refractivity contribution is -0.147. The first-order chi connectivity index (χ1) is 12.4. The van der Waals surface area contributed by atoms with Crippen molar-refractivity contribution in [1.82, 2.24) is 0 Å². The fraction of sp³-hybridized carbons (Fsp3) is 0.412. The average molecular weight is 396 g/mol. The highest BCUT2D eigenvalue weighted by Gasteiger charge is 2.62. The summed E-state index contributed by atoms with van der Waals surface area (Å²) in [7, 11) is 0.962. The number of methoxy groups -OCH3 is 1. The first kappa shape index (κ1) is 20.8. The van der Waals surface area contributed by atoms with E-state index in [4.69, 9.17) is 0 Å². The van der Waals surface area contributed by atoms with Crippen molar-refractivity contribution in [2.24, 2.45) is 17.3 Å². The number of carbonyl (C=O) groups is 2. The Bertz CT molecular complexity index is 804. The van der Waals surface area contributed by atoms with E-state index in [-0.39, 0.29) is 0 Å². The van der Waals surface area contributed by atoms with Crippen LogP contribution in [-0.4, -0.2) is 19.0 Å². The van der Waals surface area contributed by atoms with Crippen molar-refractivity contribution in [3.8, 4) is 0 Å². The lowest BCUT2D eigenvalue weighted by atomic mass is 10.1. The van der Waals surface area contributed by atoms with Gasteiger partial charge in [0.2, 0.25) is 11.6 Å². The number of carbonyl (C=O) groups excluding carboxylic acids is 2. The lowest BCUT2D eigenvalue weighted by Crippen LogP contribution is -2.14. The Balaban J connectivity index is 2.15. The lowest BCUT2D eigenvalue weighted by Gasteiger charge is -2.09. The van der Waals surface area contributed by atoms with Crippen molar-refractivity contribution >= 4 is 11.9 Å². The van der Waals surface area contributed by atoms with Gasteiger partial charge in [-0.15, -0.1) is 0 Å². The van der Waals surface area contributed by atoms with Gasteiger partial charge < -0.3 is 9.47 Å². The number of hydrogen-bond acceptors (Lipinski definition) is 4. The molecule has 2 rings (SSSR count). The van der Waals surface area contributed by atoms with Crippen molar-refractivity contribution < 1.29 is 45.4 Å². The summed E-state index contributed by atoms with van der Waals surface area (Å²) in [6, 6.07) is 0. The van der Waals surface area contributed by atoms with Crippen LogP contribution in [0, 0.1) is 46.3 Å². The van der Waals surface area contributed by atoms with Gasteiger partial charge in [0.15, 0.2) is 23.3 Å². The van der Waals surface area contributed by atoms with E-state index < -0.39 is 76.3 Å². The van der Waals surface area contributed by atoms with Gasteiger partial charge >= 0.3 is 11.9 Å². The molecule has 1 saturated carbocycles. The fourth-order valence-electron chi connectivity index (χ4n) is 2.77. The molecule has 148 valence electrons. The molecule has 1 aromatic carbocycles. The maximum atomic E-state index is 13.6. The monoisotopic (exact) mass is 396 g/mol. The Hall–Kier alpha value is -2.52. The highest BCUT2D eigenvalue weighted by atomic mass is 19.2. The molecular weight excluding hydrogens is 382 g/mol. The van der Waals surface area contributed by atoms with E-state index in [0.717, 1.165) is 13.2 Å². The highest BCUT2D eigenvalue weighted by Crippen LogP contribution is 2.60. The molecule has 1 aromatic rings. The van der Waals surface area contributed by atoms with Crippen molar-refractivity contribution in [2.75, 3.05) is 7.11 Å². The number of halogens is 6. The van der Waals surface area contributed by atoms with Gasteiger partial charge in [0.05, 0.1) is 18.6 Å². The van der Waals surface area contributed by atoms with Crippen LogP contribution in [0.1, 0.15) is 19.4 Å². The standard InChI is InChI=1S/C17H14F6O4/c1-17(2)7(4-8(18)15(24)26-3)9(17)16(25)27-5-6-10(19)12(21)14(23)13(22)11(6)20/h4,7,9H,5H2,1-3H3/b8-4+/t7-,9-/m0/s1. The van der Waals surface area contributed by atoms with Crippen molar-refractivity contribution in [3.63, 3.8) is 0 Å². The molecule has 0 aromatic heterocycles. The van der Waals surface area contributed by atoms with Crippen LogP contribution in [0.2, 0.25) is 0 Å². The Morgan fingerprint density at radius 3 is 1.96 bits per heavy atom. The van der Waals surface area contributed by atoms with Gasteiger partial charge in [0, 0.05) is 0 Å². The molecule has 0 unspecified atom stereocenters. The number of esters is 2. The predicted molar refractivity (Wildman–Crippen MR) is 78.0 cm³/mol. The SMILES string of the molecule is COC(=O)/C(F)=C\[C@H]1[C@@H](C(=O)OCc2c(F)c(F)c(F)c(F)c2F)C1(C)C. The predicted octanol–water partition coefficient (Wildman–Crippen LogP) is 3.72. The van der Waals surface area contributed by atoms with Gasteiger partial charge in [0.1, 0.15) is 6.61 Å². The Morgan fingerprint density at radius 1 is 1.00 bits per heavy atom. The quantitative estimate of drug-likeness (QED) is 0.250. The van der Waals surface area contributed by atoms with E-state index in [9.17, 15) is 35.9 Å². The number of rotatable bonds is 5. The number of hydrogen-bond donors (Lipinski definition) is 0. The molecule has 0 saturated heterocycles. The molecule has 0 aliphatic heterocycles. The molecular formula is C17H14F6O4. The Morgan fingerprint density at radius 2 is 1.48 bits per heavy atom. The molecule has 0 amide bonds. The zero-order valence-corrected chi connectivity index (χ0v) is 14.3. The number of ether oxygens (including phenoxy) is 2. The van der Waals surface area contributed by atoms with Crippen molar-refractivity contribution in [1.29, 1.82) is 0 Å². The van der Waals surface area contributed by atoms with Gasteiger partial charge in [-0.05, 0) is 17.4 Å². The molecule has 1 aliphatic carbocycles. The molecule has 0 heterocycles. The first-order valence-electron chi connectivity index (χ1n) is 7.57.